The molecule has 4 aromatic rings. The van der Waals surface area contributed by atoms with Crippen LogP contribution in [0.4, 0.5) is 8.78 Å². The van der Waals surface area contributed by atoms with Crippen LogP contribution in [0.25, 0.3) is 10.9 Å². The van der Waals surface area contributed by atoms with Crippen LogP contribution in [0, 0.1) is 11.6 Å². The number of fused-ring (bicyclic) bond motifs is 3. The Morgan fingerprint density at radius 3 is 2.58 bits per heavy atom. The van der Waals surface area contributed by atoms with Crippen LogP contribution in [0.1, 0.15) is 33.2 Å². The van der Waals surface area contributed by atoms with E-state index in [-0.39, 0.29) is 11.4 Å². The van der Waals surface area contributed by atoms with Gasteiger partial charge in [0.2, 0.25) is 0 Å². The number of benzene rings is 3. The molecule has 0 aliphatic carbocycles. The fourth-order valence-electron chi connectivity index (χ4n) is 4.39. The van der Waals surface area contributed by atoms with Crippen LogP contribution in [0.5, 0.6) is 5.75 Å². The van der Waals surface area contributed by atoms with E-state index in [1.165, 1.54) is 24.3 Å². The Labute approximate surface area is 178 Å². The van der Waals surface area contributed by atoms with E-state index in [1.54, 1.807) is 36.3 Å². The highest BCUT2D eigenvalue weighted by Gasteiger charge is 2.35. The molecule has 1 aliphatic heterocycles. The van der Waals surface area contributed by atoms with Crippen molar-refractivity contribution in [3.05, 3.63) is 101 Å². The Kier molecular flexibility index (Phi) is 4.70. The van der Waals surface area contributed by atoms with Gasteiger partial charge < -0.3 is 14.6 Å². The maximum Gasteiger partial charge on any atom is 0.257 e. The van der Waals surface area contributed by atoms with Gasteiger partial charge in [-0.3, -0.25) is 4.79 Å². The van der Waals surface area contributed by atoms with Gasteiger partial charge in [-0.1, -0.05) is 24.3 Å². The van der Waals surface area contributed by atoms with E-state index >= 15 is 0 Å². The first-order valence-corrected chi connectivity index (χ1v) is 10.1. The largest absolute Gasteiger partial charge is 0.497 e. The molecule has 1 amide bonds. The summed E-state index contributed by atoms with van der Waals surface area (Å²) in [4.78, 5) is 18.5. The Bertz CT molecular complexity index is 1280. The topological polar surface area (TPSA) is 45.3 Å². The van der Waals surface area contributed by atoms with Crippen LogP contribution >= 0.6 is 0 Å². The quantitative estimate of drug-likeness (QED) is 0.494. The summed E-state index contributed by atoms with van der Waals surface area (Å²) >= 11 is 0. The number of amides is 1. The van der Waals surface area contributed by atoms with E-state index in [0.29, 0.717) is 13.0 Å². The Hall–Kier alpha value is -3.67. The summed E-state index contributed by atoms with van der Waals surface area (Å²) in [6, 6.07) is 17.4. The molecule has 0 bridgehead atoms. The molecule has 0 fully saturated rings. The molecule has 1 N–H and O–H groups in total. The second kappa shape index (κ2) is 7.54. The van der Waals surface area contributed by atoms with Gasteiger partial charge >= 0.3 is 0 Å². The second-order valence-corrected chi connectivity index (χ2v) is 7.61. The lowest BCUT2D eigenvalue weighted by Crippen LogP contribution is -2.41. The summed E-state index contributed by atoms with van der Waals surface area (Å²) < 4.78 is 33.4. The van der Waals surface area contributed by atoms with Gasteiger partial charge in [-0.15, -0.1) is 0 Å². The molecule has 0 radical (unpaired) electrons. The van der Waals surface area contributed by atoms with Crippen molar-refractivity contribution in [3.63, 3.8) is 0 Å². The number of hydrogen-bond acceptors (Lipinski definition) is 2. The summed E-state index contributed by atoms with van der Waals surface area (Å²) in [7, 11) is 1.62. The number of carbonyl (C=O) groups excluding carboxylic acids is 1. The molecule has 5 rings (SSSR count). The number of nitrogens with one attached hydrogen (secondary N) is 1. The van der Waals surface area contributed by atoms with Gasteiger partial charge in [0, 0.05) is 23.1 Å². The molecule has 31 heavy (non-hydrogen) atoms. The maximum atomic E-state index is 14.4. The highest BCUT2D eigenvalue weighted by atomic mass is 19.1. The molecule has 156 valence electrons. The highest BCUT2D eigenvalue weighted by molar-refractivity contribution is 5.96. The van der Waals surface area contributed by atoms with E-state index in [4.69, 9.17) is 4.74 Å². The fourth-order valence-corrected chi connectivity index (χ4v) is 4.39. The van der Waals surface area contributed by atoms with E-state index in [2.05, 4.69) is 4.98 Å². The van der Waals surface area contributed by atoms with E-state index in [9.17, 15) is 13.6 Å². The van der Waals surface area contributed by atoms with Crippen LogP contribution in [0.15, 0.2) is 66.7 Å². The summed E-state index contributed by atoms with van der Waals surface area (Å²) in [5.41, 5.74) is 3.64. The van der Waals surface area contributed by atoms with Crippen LogP contribution < -0.4 is 4.74 Å². The zero-order chi connectivity index (χ0) is 21.5. The molecule has 2 heterocycles. The molecule has 0 spiro atoms. The van der Waals surface area contributed by atoms with Crippen molar-refractivity contribution in [1.29, 1.82) is 0 Å². The Morgan fingerprint density at radius 2 is 1.84 bits per heavy atom. The number of nitrogens with zero attached hydrogens (tertiary/aromatic N) is 1. The Balaban J connectivity index is 1.67. The predicted molar refractivity (Wildman–Crippen MR) is 114 cm³/mol. The molecule has 1 aromatic heterocycles. The smallest absolute Gasteiger partial charge is 0.257 e. The molecule has 4 nitrogen and oxygen atoms in total. The van der Waals surface area contributed by atoms with Gasteiger partial charge in [0.05, 0.1) is 18.7 Å². The van der Waals surface area contributed by atoms with Gasteiger partial charge in [-0.2, -0.15) is 0 Å². The first-order chi connectivity index (χ1) is 15.1. The SMILES string of the molecule is COc1ccc2[nH]c3c(c2c1)CCN(C(=O)c1ccccc1F)[C@H]3c1ccc(F)cc1. The van der Waals surface area contributed by atoms with Crippen LogP contribution in [0.2, 0.25) is 0 Å². The first kappa shape index (κ1) is 19.3. The van der Waals surface area contributed by atoms with Gasteiger partial charge in [-0.25, -0.2) is 8.78 Å². The third-order valence-electron chi connectivity index (χ3n) is 5.88. The number of carbonyl (C=O) groups is 1. The monoisotopic (exact) mass is 418 g/mol. The average Bonchev–Trinajstić information content (AvgIpc) is 3.17. The Morgan fingerprint density at radius 1 is 1.06 bits per heavy atom. The summed E-state index contributed by atoms with van der Waals surface area (Å²) in [6.45, 7) is 0.409. The number of ether oxygens (including phenoxy) is 1. The summed E-state index contributed by atoms with van der Waals surface area (Å²) in [5.74, 6) is -0.558. The van der Waals surface area contributed by atoms with Crippen LogP contribution in [0.3, 0.4) is 0 Å². The molecule has 0 saturated carbocycles. The van der Waals surface area contributed by atoms with Gasteiger partial charge in [0.1, 0.15) is 17.4 Å². The number of halogens is 2. The van der Waals surface area contributed by atoms with Crippen molar-refractivity contribution in [2.75, 3.05) is 13.7 Å². The number of methoxy groups -OCH3 is 1. The molecular weight excluding hydrogens is 398 g/mol. The molecule has 3 aromatic carbocycles. The van der Waals surface area contributed by atoms with Crippen molar-refractivity contribution < 1.29 is 18.3 Å². The van der Waals surface area contributed by atoms with E-state index in [0.717, 1.165) is 33.5 Å². The average molecular weight is 418 g/mol. The molecular formula is C25H20F2N2O2. The van der Waals surface area contributed by atoms with Gasteiger partial charge in [0.25, 0.3) is 5.91 Å². The number of hydrogen-bond donors (Lipinski definition) is 1. The number of rotatable bonds is 3. The number of aromatic amines is 1. The zero-order valence-corrected chi connectivity index (χ0v) is 16.9. The normalized spacial score (nSPS) is 15.7. The summed E-state index contributed by atoms with van der Waals surface area (Å²) in [6.07, 6.45) is 0.611. The lowest BCUT2D eigenvalue weighted by atomic mass is 9.91. The van der Waals surface area contributed by atoms with Crippen molar-refractivity contribution in [2.24, 2.45) is 0 Å². The molecule has 1 atom stereocenters. The lowest BCUT2D eigenvalue weighted by molar-refractivity contribution is 0.0687. The minimum atomic E-state index is -0.558. The third-order valence-corrected chi connectivity index (χ3v) is 5.88. The number of aromatic nitrogens is 1. The van der Waals surface area contributed by atoms with Crippen molar-refractivity contribution in [1.82, 2.24) is 9.88 Å². The minimum Gasteiger partial charge on any atom is -0.497 e. The molecule has 0 unspecified atom stereocenters. The minimum absolute atomic E-state index is 0.0239. The first-order valence-electron chi connectivity index (χ1n) is 10.1. The van der Waals surface area contributed by atoms with Crippen molar-refractivity contribution >= 4 is 16.8 Å². The van der Waals surface area contributed by atoms with Crippen LogP contribution in [-0.2, 0) is 6.42 Å². The van der Waals surface area contributed by atoms with Crippen molar-refractivity contribution in [3.8, 4) is 5.75 Å². The molecule has 0 saturated heterocycles. The van der Waals surface area contributed by atoms with Crippen molar-refractivity contribution in [2.45, 2.75) is 12.5 Å². The fraction of sp³-hybridized carbons (Fsp3) is 0.160. The summed E-state index contributed by atoms with van der Waals surface area (Å²) in [5, 5.41) is 1.03. The molecule has 6 heteroatoms. The number of H-pyrrole nitrogens is 1. The predicted octanol–water partition coefficient (Wildman–Crippen LogP) is 5.24. The molecule has 1 aliphatic rings. The third kappa shape index (κ3) is 3.24. The zero-order valence-electron chi connectivity index (χ0n) is 16.9. The lowest BCUT2D eigenvalue weighted by Gasteiger charge is -2.36. The standard InChI is InChI=1S/C25H20F2N2O2/c1-31-17-10-11-22-20(14-17)18-12-13-29(25(30)19-4-2-3-5-21(19)27)24(23(18)28-22)15-6-8-16(26)9-7-15/h2-11,14,24,28H,12-13H2,1H3/t24-/m0/s1. The van der Waals surface area contributed by atoms with Gasteiger partial charge in [0.15, 0.2) is 0 Å². The van der Waals surface area contributed by atoms with Crippen LogP contribution in [-0.4, -0.2) is 29.4 Å². The van der Waals surface area contributed by atoms with Gasteiger partial charge in [-0.05, 0) is 60.0 Å². The maximum absolute atomic E-state index is 14.4. The second-order valence-electron chi connectivity index (χ2n) is 7.61. The van der Waals surface area contributed by atoms with E-state index in [1.807, 2.05) is 18.2 Å². The van der Waals surface area contributed by atoms with E-state index < -0.39 is 17.8 Å². The highest BCUT2D eigenvalue weighted by Crippen LogP contribution is 2.40.